The number of hydrogen-bond donors (Lipinski definition) is 1. The van der Waals surface area contributed by atoms with Crippen LogP contribution in [0.15, 0.2) is 97.6 Å². The molecule has 0 spiro atoms. The highest BCUT2D eigenvalue weighted by atomic mass is 16.1. The number of imidazole rings is 1. The number of rotatable bonds is 8. The van der Waals surface area contributed by atoms with Crippen LogP contribution in [-0.2, 0) is 17.8 Å². The summed E-state index contributed by atoms with van der Waals surface area (Å²) < 4.78 is 3.86. The topological polar surface area (TPSA) is 77.6 Å². The van der Waals surface area contributed by atoms with Crippen molar-refractivity contribution in [3.05, 3.63) is 109 Å². The van der Waals surface area contributed by atoms with Crippen LogP contribution in [0.2, 0.25) is 0 Å². The molecule has 1 amide bonds. The van der Waals surface area contributed by atoms with Crippen molar-refractivity contribution >= 4 is 16.9 Å². The molecule has 0 bridgehead atoms. The number of aryl methyl sites for hydroxylation is 1. The van der Waals surface area contributed by atoms with Crippen molar-refractivity contribution in [2.24, 2.45) is 0 Å². The molecule has 3 aromatic carbocycles. The molecule has 2 heterocycles. The average Bonchev–Trinajstić information content (AvgIpc) is 3.51. The number of carbonyl (C=O) groups excluding carboxylic acids is 1. The van der Waals surface area contributed by atoms with Gasteiger partial charge in [-0.25, -0.2) is 9.97 Å². The Hall–Kier alpha value is -4.26. The number of nitrogens with one attached hydrogen (secondary N) is 1. The van der Waals surface area contributed by atoms with Crippen LogP contribution in [0, 0.1) is 0 Å². The number of benzene rings is 3. The summed E-state index contributed by atoms with van der Waals surface area (Å²) in [6.07, 6.45) is 4.01. The molecule has 0 radical (unpaired) electrons. The van der Waals surface area contributed by atoms with Gasteiger partial charge in [0.2, 0.25) is 5.91 Å². The summed E-state index contributed by atoms with van der Waals surface area (Å²) in [6, 6.07) is 27.9. The molecule has 7 heteroatoms. The second kappa shape index (κ2) is 9.48. The van der Waals surface area contributed by atoms with Gasteiger partial charge < -0.3 is 5.32 Å². The first-order valence-electron chi connectivity index (χ1n) is 11.0. The first-order valence-corrected chi connectivity index (χ1v) is 11.0. The van der Waals surface area contributed by atoms with E-state index in [1.54, 1.807) is 11.0 Å². The minimum Gasteiger partial charge on any atom is -0.347 e. The third-order valence-corrected chi connectivity index (χ3v) is 5.59. The maximum Gasteiger partial charge on any atom is 0.220 e. The third-order valence-electron chi connectivity index (χ3n) is 5.59. The van der Waals surface area contributed by atoms with Crippen LogP contribution in [0.25, 0.3) is 16.7 Å². The molecule has 164 valence electrons. The van der Waals surface area contributed by atoms with Gasteiger partial charge >= 0.3 is 0 Å². The first kappa shape index (κ1) is 20.6. The SMILES string of the molecule is O=C(CCc1nc2ccccc2n1-c1ccccc1)NC(Cn1cncn1)c1ccccc1. The van der Waals surface area contributed by atoms with E-state index in [4.69, 9.17) is 4.98 Å². The normalized spacial score (nSPS) is 12.0. The largest absolute Gasteiger partial charge is 0.347 e. The van der Waals surface area contributed by atoms with Crippen LogP contribution in [0.4, 0.5) is 0 Å². The van der Waals surface area contributed by atoms with Crippen molar-refractivity contribution in [2.75, 3.05) is 0 Å². The summed E-state index contributed by atoms with van der Waals surface area (Å²) in [7, 11) is 0. The number of fused-ring (bicyclic) bond motifs is 1. The zero-order chi connectivity index (χ0) is 22.5. The fourth-order valence-electron chi connectivity index (χ4n) is 4.03. The minimum atomic E-state index is -0.201. The van der Waals surface area contributed by atoms with Crippen LogP contribution in [-0.4, -0.2) is 30.2 Å². The van der Waals surface area contributed by atoms with E-state index in [0.29, 0.717) is 19.4 Å². The van der Waals surface area contributed by atoms with Crippen molar-refractivity contribution in [2.45, 2.75) is 25.4 Å². The van der Waals surface area contributed by atoms with Gasteiger partial charge in [0.25, 0.3) is 0 Å². The smallest absolute Gasteiger partial charge is 0.220 e. The number of para-hydroxylation sites is 3. The van der Waals surface area contributed by atoms with Gasteiger partial charge in [-0.05, 0) is 29.8 Å². The Bertz CT molecular complexity index is 1330. The van der Waals surface area contributed by atoms with Crippen LogP contribution in [0.3, 0.4) is 0 Å². The van der Waals surface area contributed by atoms with E-state index in [9.17, 15) is 4.79 Å². The van der Waals surface area contributed by atoms with Gasteiger partial charge in [0.1, 0.15) is 18.5 Å². The summed E-state index contributed by atoms with van der Waals surface area (Å²) in [5.74, 6) is 0.834. The molecule has 0 fully saturated rings. The van der Waals surface area contributed by atoms with Gasteiger partial charge in [-0.15, -0.1) is 0 Å². The highest BCUT2D eigenvalue weighted by Gasteiger charge is 2.18. The van der Waals surface area contributed by atoms with E-state index >= 15 is 0 Å². The lowest BCUT2D eigenvalue weighted by Gasteiger charge is -2.19. The molecule has 1 N–H and O–H groups in total. The molecule has 2 aromatic heterocycles. The highest BCUT2D eigenvalue weighted by Crippen LogP contribution is 2.22. The zero-order valence-electron chi connectivity index (χ0n) is 18.1. The second-order valence-corrected chi connectivity index (χ2v) is 7.84. The number of hydrogen-bond acceptors (Lipinski definition) is 4. The summed E-state index contributed by atoms with van der Waals surface area (Å²) in [5.41, 5.74) is 4.02. The molecule has 1 atom stereocenters. The fraction of sp³-hybridized carbons (Fsp3) is 0.154. The van der Waals surface area contributed by atoms with E-state index in [1.807, 2.05) is 66.7 Å². The Morgan fingerprint density at radius 2 is 1.64 bits per heavy atom. The van der Waals surface area contributed by atoms with Gasteiger partial charge in [0.05, 0.1) is 23.6 Å². The highest BCUT2D eigenvalue weighted by molar-refractivity contribution is 5.79. The maximum atomic E-state index is 13.0. The minimum absolute atomic E-state index is 0.0318. The van der Waals surface area contributed by atoms with Gasteiger partial charge in [-0.1, -0.05) is 60.7 Å². The molecule has 0 aliphatic carbocycles. The maximum absolute atomic E-state index is 13.0. The average molecular weight is 437 g/mol. The van der Waals surface area contributed by atoms with Gasteiger partial charge in [-0.3, -0.25) is 14.0 Å². The van der Waals surface area contributed by atoms with Crippen LogP contribution in [0.5, 0.6) is 0 Å². The van der Waals surface area contributed by atoms with E-state index in [0.717, 1.165) is 28.1 Å². The number of aromatic nitrogens is 5. The quantitative estimate of drug-likeness (QED) is 0.397. The standard InChI is InChI=1S/C26H24N6O/c33-26(30-23(17-31-19-27-18-28-31)20-9-3-1-4-10-20)16-15-25-29-22-13-7-8-14-24(22)32(25)21-11-5-2-6-12-21/h1-14,18-19,23H,15-17H2,(H,30,33). The van der Waals surface area contributed by atoms with Crippen LogP contribution in [0.1, 0.15) is 23.9 Å². The molecular formula is C26H24N6O. The predicted octanol–water partition coefficient (Wildman–Crippen LogP) is 4.11. The Kier molecular flexibility index (Phi) is 5.93. The van der Waals surface area contributed by atoms with E-state index in [-0.39, 0.29) is 11.9 Å². The molecule has 0 saturated heterocycles. The lowest BCUT2D eigenvalue weighted by molar-refractivity contribution is -0.122. The molecule has 7 nitrogen and oxygen atoms in total. The molecule has 5 rings (SSSR count). The number of carbonyl (C=O) groups is 1. The number of amides is 1. The van der Waals surface area contributed by atoms with Crippen molar-refractivity contribution in [3.63, 3.8) is 0 Å². The molecule has 0 aliphatic heterocycles. The van der Waals surface area contributed by atoms with Crippen molar-refractivity contribution in [1.82, 2.24) is 29.6 Å². The molecule has 5 aromatic rings. The third kappa shape index (κ3) is 4.67. The van der Waals surface area contributed by atoms with Crippen LogP contribution < -0.4 is 5.32 Å². The van der Waals surface area contributed by atoms with Crippen LogP contribution >= 0.6 is 0 Å². The summed E-state index contributed by atoms with van der Waals surface area (Å²) in [6.45, 7) is 0.512. The predicted molar refractivity (Wildman–Crippen MR) is 127 cm³/mol. The molecule has 0 saturated carbocycles. The lowest BCUT2D eigenvalue weighted by Crippen LogP contribution is -2.32. The Morgan fingerprint density at radius 3 is 2.39 bits per heavy atom. The fourth-order valence-corrected chi connectivity index (χ4v) is 4.03. The number of nitrogens with zero attached hydrogens (tertiary/aromatic N) is 5. The van der Waals surface area contributed by atoms with Crippen molar-refractivity contribution in [3.8, 4) is 5.69 Å². The zero-order valence-corrected chi connectivity index (χ0v) is 18.1. The Morgan fingerprint density at radius 1 is 0.909 bits per heavy atom. The van der Waals surface area contributed by atoms with E-state index < -0.39 is 0 Å². The van der Waals surface area contributed by atoms with E-state index in [2.05, 4.69) is 38.2 Å². The second-order valence-electron chi connectivity index (χ2n) is 7.84. The van der Waals surface area contributed by atoms with Gasteiger partial charge in [0, 0.05) is 18.5 Å². The lowest BCUT2D eigenvalue weighted by atomic mass is 10.1. The monoisotopic (exact) mass is 436 g/mol. The van der Waals surface area contributed by atoms with Crippen molar-refractivity contribution < 1.29 is 4.79 Å². The molecule has 1 unspecified atom stereocenters. The van der Waals surface area contributed by atoms with E-state index in [1.165, 1.54) is 6.33 Å². The Labute approximate surface area is 191 Å². The molecule has 33 heavy (non-hydrogen) atoms. The molecular weight excluding hydrogens is 412 g/mol. The summed E-state index contributed by atoms with van der Waals surface area (Å²) in [4.78, 5) is 21.8. The van der Waals surface area contributed by atoms with Gasteiger partial charge in [0.15, 0.2) is 0 Å². The Balaban J connectivity index is 1.35. The molecule has 0 aliphatic rings. The van der Waals surface area contributed by atoms with Gasteiger partial charge in [-0.2, -0.15) is 5.10 Å². The first-order chi connectivity index (χ1) is 16.3. The summed E-state index contributed by atoms with van der Waals surface area (Å²) in [5, 5.41) is 7.36. The van der Waals surface area contributed by atoms with Crippen molar-refractivity contribution in [1.29, 1.82) is 0 Å². The summed E-state index contributed by atoms with van der Waals surface area (Å²) >= 11 is 0.